The van der Waals surface area contributed by atoms with E-state index in [1.165, 1.54) is 12.1 Å². The molecule has 2 aromatic rings. The van der Waals surface area contributed by atoms with Crippen molar-refractivity contribution in [2.24, 2.45) is 0 Å². The summed E-state index contributed by atoms with van der Waals surface area (Å²) in [5.74, 6) is -0.0422. The molecule has 0 spiro atoms. The molecule has 3 heterocycles. The average Bonchev–Trinajstić information content (AvgIpc) is 3.33. The van der Waals surface area contributed by atoms with Crippen molar-refractivity contribution in [3.8, 4) is 5.69 Å². The molecule has 6 nitrogen and oxygen atoms in total. The summed E-state index contributed by atoms with van der Waals surface area (Å²) < 4.78 is 20.2. The van der Waals surface area contributed by atoms with Crippen LogP contribution in [-0.4, -0.2) is 64.4 Å². The number of halogens is 1. The maximum absolute atomic E-state index is 13.1. The summed E-state index contributed by atoms with van der Waals surface area (Å²) in [6, 6.07) is 6.20. The number of rotatable bonds is 4. The van der Waals surface area contributed by atoms with Gasteiger partial charge in [-0.25, -0.2) is 9.07 Å². The zero-order chi connectivity index (χ0) is 17.9. The molecule has 2 aliphatic rings. The van der Waals surface area contributed by atoms with E-state index in [0.717, 1.165) is 30.6 Å². The number of benzene rings is 1. The van der Waals surface area contributed by atoms with Crippen LogP contribution in [0.1, 0.15) is 18.4 Å². The van der Waals surface area contributed by atoms with Gasteiger partial charge >= 0.3 is 0 Å². The first kappa shape index (κ1) is 17.2. The Labute approximate surface area is 152 Å². The molecule has 4 rings (SSSR count). The van der Waals surface area contributed by atoms with Gasteiger partial charge in [-0.2, -0.15) is 5.10 Å². The summed E-state index contributed by atoms with van der Waals surface area (Å²) in [6.45, 7) is 4.24. The van der Waals surface area contributed by atoms with E-state index in [-0.39, 0.29) is 17.8 Å². The normalized spacial score (nSPS) is 21.3. The van der Waals surface area contributed by atoms with Crippen LogP contribution in [0.25, 0.3) is 5.69 Å². The predicted molar refractivity (Wildman–Crippen MR) is 94.4 cm³/mol. The van der Waals surface area contributed by atoms with Crippen LogP contribution in [0, 0.1) is 5.82 Å². The molecule has 1 aromatic heterocycles. The highest BCUT2D eigenvalue weighted by molar-refractivity contribution is 5.82. The van der Waals surface area contributed by atoms with Crippen molar-refractivity contribution in [3.05, 3.63) is 48.0 Å². The van der Waals surface area contributed by atoms with Crippen molar-refractivity contribution >= 4 is 5.91 Å². The maximum Gasteiger partial charge on any atom is 0.240 e. The van der Waals surface area contributed by atoms with E-state index in [4.69, 9.17) is 4.74 Å². The van der Waals surface area contributed by atoms with E-state index < -0.39 is 0 Å². The van der Waals surface area contributed by atoms with E-state index in [1.54, 1.807) is 16.8 Å². The van der Waals surface area contributed by atoms with Gasteiger partial charge in [0, 0.05) is 31.4 Å². The van der Waals surface area contributed by atoms with E-state index in [2.05, 4.69) is 10.00 Å². The molecule has 1 atom stereocenters. The molecule has 2 saturated heterocycles. The van der Waals surface area contributed by atoms with Crippen molar-refractivity contribution < 1.29 is 13.9 Å². The van der Waals surface area contributed by atoms with E-state index in [0.29, 0.717) is 32.8 Å². The van der Waals surface area contributed by atoms with Gasteiger partial charge in [-0.3, -0.25) is 9.69 Å². The second-order valence-electron chi connectivity index (χ2n) is 6.84. The first-order valence-corrected chi connectivity index (χ1v) is 9.11. The summed E-state index contributed by atoms with van der Waals surface area (Å²) in [7, 11) is 0. The molecule has 7 heteroatoms. The van der Waals surface area contributed by atoms with Gasteiger partial charge in [-0.15, -0.1) is 0 Å². The lowest BCUT2D eigenvalue weighted by atomic mass is 10.1. The van der Waals surface area contributed by atoms with Crippen LogP contribution in [0.2, 0.25) is 0 Å². The molecule has 0 bridgehead atoms. The number of carbonyl (C=O) groups excluding carboxylic acids is 1. The Morgan fingerprint density at radius 2 is 1.96 bits per heavy atom. The molecule has 0 unspecified atom stereocenters. The molecule has 1 aromatic carbocycles. The first-order valence-electron chi connectivity index (χ1n) is 9.11. The first-order chi connectivity index (χ1) is 12.7. The summed E-state index contributed by atoms with van der Waals surface area (Å²) in [6.07, 6.45) is 5.70. The largest absolute Gasteiger partial charge is 0.378 e. The number of aromatic nitrogens is 2. The molecule has 26 heavy (non-hydrogen) atoms. The fraction of sp³-hybridized carbons (Fsp3) is 0.474. The number of hydrogen-bond donors (Lipinski definition) is 0. The fourth-order valence-electron chi connectivity index (χ4n) is 3.70. The minimum Gasteiger partial charge on any atom is -0.378 e. The van der Waals surface area contributed by atoms with Gasteiger partial charge in [0.05, 0.1) is 31.1 Å². The minimum absolute atomic E-state index is 0.0535. The average molecular weight is 358 g/mol. The van der Waals surface area contributed by atoms with Gasteiger partial charge in [0.25, 0.3) is 0 Å². The van der Waals surface area contributed by atoms with Gasteiger partial charge in [0.1, 0.15) is 5.82 Å². The number of ether oxygens (including phenoxy) is 1. The molecule has 2 aliphatic heterocycles. The van der Waals surface area contributed by atoms with Crippen molar-refractivity contribution in [1.82, 2.24) is 19.6 Å². The van der Waals surface area contributed by atoms with Crippen molar-refractivity contribution in [3.63, 3.8) is 0 Å². The van der Waals surface area contributed by atoms with E-state index in [1.807, 2.05) is 17.3 Å². The van der Waals surface area contributed by atoms with Crippen LogP contribution in [0.5, 0.6) is 0 Å². The Morgan fingerprint density at radius 3 is 2.73 bits per heavy atom. The summed E-state index contributed by atoms with van der Waals surface area (Å²) >= 11 is 0. The second-order valence-corrected chi connectivity index (χ2v) is 6.84. The van der Waals surface area contributed by atoms with E-state index >= 15 is 0 Å². The smallest absolute Gasteiger partial charge is 0.240 e. The third kappa shape index (κ3) is 3.64. The van der Waals surface area contributed by atoms with Gasteiger partial charge in [-0.05, 0) is 43.7 Å². The number of nitrogens with zero attached hydrogens (tertiary/aromatic N) is 4. The molecule has 0 radical (unpaired) electrons. The van der Waals surface area contributed by atoms with Gasteiger partial charge in [0.15, 0.2) is 0 Å². The minimum atomic E-state index is -0.261. The maximum atomic E-state index is 13.1. The van der Waals surface area contributed by atoms with Crippen molar-refractivity contribution in [2.75, 3.05) is 32.8 Å². The van der Waals surface area contributed by atoms with Gasteiger partial charge < -0.3 is 9.64 Å². The molecule has 2 fully saturated rings. The van der Waals surface area contributed by atoms with Crippen LogP contribution >= 0.6 is 0 Å². The molecule has 1 amide bonds. The highest BCUT2D eigenvalue weighted by Gasteiger charge is 2.34. The number of hydrogen-bond acceptors (Lipinski definition) is 4. The zero-order valence-electron chi connectivity index (χ0n) is 14.7. The van der Waals surface area contributed by atoms with Gasteiger partial charge in [-0.1, -0.05) is 0 Å². The molecular formula is C19H23FN4O2. The van der Waals surface area contributed by atoms with Crippen LogP contribution < -0.4 is 0 Å². The fourth-order valence-corrected chi connectivity index (χ4v) is 3.70. The lowest BCUT2D eigenvalue weighted by Crippen LogP contribution is -2.49. The zero-order valence-corrected chi connectivity index (χ0v) is 14.7. The number of likely N-dealkylation sites (tertiary alicyclic amines) is 1. The van der Waals surface area contributed by atoms with Crippen molar-refractivity contribution in [1.29, 1.82) is 0 Å². The lowest BCUT2D eigenvalue weighted by molar-refractivity contribution is -0.140. The monoisotopic (exact) mass is 358 g/mol. The second kappa shape index (κ2) is 7.55. The highest BCUT2D eigenvalue weighted by Crippen LogP contribution is 2.22. The Balaban J connectivity index is 1.43. The Kier molecular flexibility index (Phi) is 4.99. The Morgan fingerprint density at radius 1 is 1.19 bits per heavy atom. The summed E-state index contributed by atoms with van der Waals surface area (Å²) in [5, 5.41) is 4.37. The Bertz CT molecular complexity index is 755. The SMILES string of the molecule is O=C([C@@H]1CCCN1Cc1cnn(-c2ccc(F)cc2)c1)N1CCOCC1. The summed E-state index contributed by atoms with van der Waals surface area (Å²) in [5.41, 5.74) is 1.87. The van der Waals surface area contributed by atoms with Crippen LogP contribution in [0.15, 0.2) is 36.7 Å². The van der Waals surface area contributed by atoms with Crippen LogP contribution in [0.4, 0.5) is 4.39 Å². The number of morpholine rings is 1. The van der Waals surface area contributed by atoms with E-state index in [9.17, 15) is 9.18 Å². The Hall–Kier alpha value is -2.25. The number of carbonyl (C=O) groups is 1. The third-order valence-corrected chi connectivity index (χ3v) is 5.08. The van der Waals surface area contributed by atoms with Crippen LogP contribution in [0.3, 0.4) is 0 Å². The molecule has 138 valence electrons. The topological polar surface area (TPSA) is 50.6 Å². The molecular weight excluding hydrogens is 335 g/mol. The number of amides is 1. The standard InChI is InChI=1S/C19H23FN4O2/c20-16-3-5-17(6-4-16)24-14-15(12-21-24)13-23-7-1-2-18(23)19(25)22-8-10-26-11-9-22/h3-6,12,14,18H,1-2,7-11,13H2/t18-/m0/s1. The van der Waals surface area contributed by atoms with Gasteiger partial charge in [0.2, 0.25) is 5.91 Å². The third-order valence-electron chi connectivity index (χ3n) is 5.08. The predicted octanol–water partition coefficient (Wildman–Crippen LogP) is 1.83. The summed E-state index contributed by atoms with van der Waals surface area (Å²) in [4.78, 5) is 17.0. The lowest BCUT2D eigenvalue weighted by Gasteiger charge is -2.32. The quantitative estimate of drug-likeness (QED) is 0.837. The molecule has 0 aliphatic carbocycles. The van der Waals surface area contributed by atoms with Crippen LogP contribution in [-0.2, 0) is 16.1 Å². The highest BCUT2D eigenvalue weighted by atomic mass is 19.1. The van der Waals surface area contributed by atoms with Crippen molar-refractivity contribution in [2.45, 2.75) is 25.4 Å². The molecule has 0 N–H and O–H groups in total. The molecule has 0 saturated carbocycles.